The van der Waals surface area contributed by atoms with Gasteiger partial charge in [-0.15, -0.1) is 11.3 Å². The molecule has 174 valence electrons. The minimum absolute atomic E-state index is 0.0881. The summed E-state index contributed by atoms with van der Waals surface area (Å²) < 4.78 is 11.7. The van der Waals surface area contributed by atoms with Crippen LogP contribution in [0.2, 0.25) is 0 Å². The van der Waals surface area contributed by atoms with E-state index >= 15 is 0 Å². The molecule has 33 heavy (non-hydrogen) atoms. The van der Waals surface area contributed by atoms with E-state index in [9.17, 15) is 14.7 Å². The Kier molecular flexibility index (Phi) is 7.73. The van der Waals surface area contributed by atoms with Crippen molar-refractivity contribution in [1.82, 2.24) is 15.2 Å². The summed E-state index contributed by atoms with van der Waals surface area (Å²) in [6.45, 7) is 3.10. The zero-order chi connectivity index (χ0) is 23.4. The van der Waals surface area contributed by atoms with Crippen LogP contribution in [0.5, 0.6) is 0 Å². The van der Waals surface area contributed by atoms with Gasteiger partial charge in [-0.25, -0.2) is 9.78 Å². The average Bonchev–Trinajstić information content (AvgIpc) is 3.34. The predicted molar refractivity (Wildman–Crippen MR) is 131 cm³/mol. The Labute approximate surface area is 208 Å². The first-order chi connectivity index (χ1) is 16.0. The number of amidine groups is 1. The Hall–Kier alpha value is -2.35. The molecule has 0 unspecified atom stereocenters. The number of hydrogen-bond acceptors (Lipinski definition) is 9. The molecule has 1 aromatic heterocycles. The van der Waals surface area contributed by atoms with Crippen molar-refractivity contribution < 1.29 is 24.2 Å². The number of aromatic nitrogens is 1. The lowest BCUT2D eigenvalue weighted by molar-refractivity contribution is -0.149. The maximum atomic E-state index is 13.2. The van der Waals surface area contributed by atoms with Gasteiger partial charge < -0.3 is 19.9 Å². The average molecular weight is 582 g/mol. The van der Waals surface area contributed by atoms with Crippen molar-refractivity contribution in [3.8, 4) is 0 Å². The zero-order valence-electron chi connectivity index (χ0n) is 17.9. The molecule has 0 radical (unpaired) electrons. The molecule has 3 heterocycles. The van der Waals surface area contributed by atoms with Crippen LogP contribution in [-0.2, 0) is 19.1 Å². The number of morpholine rings is 1. The highest BCUT2D eigenvalue weighted by Gasteiger charge is 2.37. The second-order valence-electron chi connectivity index (χ2n) is 7.38. The second-order valence-corrected chi connectivity index (χ2v) is 9.43. The van der Waals surface area contributed by atoms with E-state index in [-0.39, 0.29) is 19.8 Å². The molecular formula is C22H23IN4O5S. The summed E-state index contributed by atoms with van der Waals surface area (Å²) in [4.78, 5) is 36.1. The molecule has 2 aliphatic heterocycles. The molecule has 0 saturated carbocycles. The summed E-state index contributed by atoms with van der Waals surface area (Å²) in [7, 11) is 0. The number of halogens is 1. The lowest BCUT2D eigenvalue weighted by Gasteiger charge is -2.35. The highest BCUT2D eigenvalue weighted by Crippen LogP contribution is 2.35. The Bertz CT molecular complexity index is 1090. The van der Waals surface area contributed by atoms with Gasteiger partial charge >= 0.3 is 11.9 Å². The Morgan fingerprint density at radius 1 is 1.39 bits per heavy atom. The number of aliphatic imine (C=N–C) groups is 1. The number of rotatable bonds is 7. The Morgan fingerprint density at radius 2 is 2.21 bits per heavy atom. The van der Waals surface area contributed by atoms with E-state index in [1.165, 1.54) is 11.3 Å². The molecule has 11 heteroatoms. The minimum atomic E-state index is -0.966. The molecule has 1 aromatic carbocycles. The third-order valence-electron chi connectivity index (χ3n) is 5.34. The maximum absolute atomic E-state index is 13.2. The van der Waals surface area contributed by atoms with Gasteiger partial charge in [-0.1, -0.05) is 18.2 Å². The summed E-state index contributed by atoms with van der Waals surface area (Å²) in [5, 5.41) is 15.5. The Balaban J connectivity index is 1.82. The van der Waals surface area contributed by atoms with Crippen molar-refractivity contribution in [2.75, 3.05) is 32.9 Å². The molecule has 2 atom stereocenters. The third kappa shape index (κ3) is 5.26. The van der Waals surface area contributed by atoms with Gasteiger partial charge in [-0.05, 0) is 41.1 Å². The molecule has 2 aliphatic rings. The quantitative estimate of drug-likeness (QED) is 0.378. The highest BCUT2D eigenvalue weighted by atomic mass is 127. The highest BCUT2D eigenvalue weighted by molar-refractivity contribution is 14.1. The van der Waals surface area contributed by atoms with E-state index in [0.717, 1.165) is 9.13 Å². The van der Waals surface area contributed by atoms with E-state index in [4.69, 9.17) is 14.5 Å². The third-order valence-corrected chi connectivity index (χ3v) is 7.10. The van der Waals surface area contributed by atoms with E-state index < -0.39 is 24.0 Å². The molecule has 0 amide bonds. The minimum Gasteiger partial charge on any atom is -0.480 e. The van der Waals surface area contributed by atoms with Crippen LogP contribution in [0.3, 0.4) is 0 Å². The van der Waals surface area contributed by atoms with Crippen molar-refractivity contribution in [2.24, 2.45) is 4.99 Å². The number of carbonyl (C=O) groups is 2. The van der Waals surface area contributed by atoms with Gasteiger partial charge in [0.25, 0.3) is 0 Å². The van der Waals surface area contributed by atoms with Crippen molar-refractivity contribution in [3.63, 3.8) is 0 Å². The summed E-state index contributed by atoms with van der Waals surface area (Å²) in [6, 6.07) is 6.31. The topological polar surface area (TPSA) is 113 Å². The van der Waals surface area contributed by atoms with Crippen LogP contribution >= 0.6 is 33.9 Å². The Morgan fingerprint density at radius 3 is 2.91 bits per heavy atom. The second kappa shape index (κ2) is 10.7. The van der Waals surface area contributed by atoms with Crippen LogP contribution in [0.4, 0.5) is 0 Å². The number of ether oxygens (including phenoxy) is 2. The number of carbonyl (C=O) groups excluding carboxylic acids is 1. The smallest absolute Gasteiger partial charge is 0.338 e. The van der Waals surface area contributed by atoms with Crippen molar-refractivity contribution in [1.29, 1.82) is 0 Å². The summed E-state index contributed by atoms with van der Waals surface area (Å²) in [5.74, 6) is -0.906. The van der Waals surface area contributed by atoms with Gasteiger partial charge in [0.15, 0.2) is 10.8 Å². The largest absolute Gasteiger partial charge is 0.480 e. The molecule has 4 rings (SSSR count). The first-order valence-electron chi connectivity index (χ1n) is 10.4. The zero-order valence-corrected chi connectivity index (χ0v) is 20.8. The number of carboxylic acid groups (broad SMARTS) is 1. The fourth-order valence-corrected chi connectivity index (χ4v) is 5.07. The van der Waals surface area contributed by atoms with Gasteiger partial charge in [0.1, 0.15) is 12.1 Å². The number of thiazole rings is 1. The molecule has 1 fully saturated rings. The number of esters is 1. The van der Waals surface area contributed by atoms with E-state index in [0.29, 0.717) is 35.3 Å². The van der Waals surface area contributed by atoms with Gasteiger partial charge in [-0.2, -0.15) is 0 Å². The van der Waals surface area contributed by atoms with Crippen LogP contribution in [0.1, 0.15) is 23.5 Å². The molecule has 2 aromatic rings. The van der Waals surface area contributed by atoms with Gasteiger partial charge in [0.2, 0.25) is 0 Å². The van der Waals surface area contributed by atoms with Crippen LogP contribution in [-0.4, -0.2) is 71.7 Å². The molecule has 0 bridgehead atoms. The lowest BCUT2D eigenvalue weighted by Crippen LogP contribution is -2.52. The fraction of sp³-hybridized carbons (Fsp3) is 0.364. The number of nitrogens with zero attached hydrogens (tertiary/aromatic N) is 3. The van der Waals surface area contributed by atoms with Crippen molar-refractivity contribution in [2.45, 2.75) is 19.0 Å². The van der Waals surface area contributed by atoms with Crippen LogP contribution in [0, 0.1) is 3.57 Å². The van der Waals surface area contributed by atoms with Crippen molar-refractivity contribution in [3.05, 3.63) is 61.3 Å². The van der Waals surface area contributed by atoms with Crippen molar-refractivity contribution >= 4 is 51.7 Å². The summed E-state index contributed by atoms with van der Waals surface area (Å²) in [6.07, 6.45) is 1.69. The summed E-state index contributed by atoms with van der Waals surface area (Å²) >= 11 is 3.66. The van der Waals surface area contributed by atoms with Crippen LogP contribution < -0.4 is 5.32 Å². The molecule has 9 nitrogen and oxygen atoms in total. The summed E-state index contributed by atoms with van der Waals surface area (Å²) in [5.41, 5.74) is 1.80. The van der Waals surface area contributed by atoms with E-state index in [1.54, 1.807) is 18.0 Å². The van der Waals surface area contributed by atoms with Crippen LogP contribution in [0.15, 0.2) is 52.1 Å². The van der Waals surface area contributed by atoms with E-state index in [2.05, 4.69) is 32.9 Å². The monoisotopic (exact) mass is 582 g/mol. The number of benzene rings is 1. The molecule has 2 N–H and O–H groups in total. The number of hydrogen-bond donors (Lipinski definition) is 2. The lowest BCUT2D eigenvalue weighted by atomic mass is 9.95. The van der Waals surface area contributed by atoms with Gasteiger partial charge in [0.05, 0.1) is 25.4 Å². The standard InChI is InChI=1S/C22H23IN4O5S/c1-2-32-22(30)17-15(11-27-8-9-31-12-16(27)21(28)29)25-19(20-24-7-10-33-20)26-18(17)13-5-3-4-6-14(13)23/h3-7,10,16,18H,2,8-9,11-12H2,1H3,(H,25,26)(H,28,29)/t16-,18-/m0/s1. The molecule has 0 aliphatic carbocycles. The first-order valence-corrected chi connectivity index (χ1v) is 12.4. The molecule has 0 spiro atoms. The molecule has 1 saturated heterocycles. The molecular weight excluding hydrogens is 559 g/mol. The number of carboxylic acids is 1. The van der Waals surface area contributed by atoms with Gasteiger partial charge in [-0.3, -0.25) is 14.7 Å². The normalized spacial score (nSPS) is 21.3. The fourth-order valence-electron chi connectivity index (χ4n) is 3.80. The van der Waals surface area contributed by atoms with Crippen LogP contribution in [0.25, 0.3) is 0 Å². The SMILES string of the molecule is CCOC(=O)C1=C(CN2CCOC[C@H]2C(=O)O)NC(c2nccs2)=N[C@H]1c1ccccc1I. The first kappa shape index (κ1) is 23.8. The number of aliphatic carboxylic acids is 1. The van der Waals surface area contributed by atoms with Gasteiger partial charge in [0, 0.05) is 33.9 Å². The maximum Gasteiger partial charge on any atom is 0.338 e. The van der Waals surface area contributed by atoms with E-state index in [1.807, 2.05) is 29.6 Å². The number of nitrogens with one attached hydrogen (secondary N) is 1. The predicted octanol–water partition coefficient (Wildman–Crippen LogP) is 2.44.